The highest BCUT2D eigenvalue weighted by molar-refractivity contribution is 6.02. The largest absolute Gasteiger partial charge is 0.453 e. The van der Waals surface area contributed by atoms with Crippen LogP contribution in [0, 0.1) is 0 Å². The molecule has 0 saturated heterocycles. The molecule has 19 heavy (non-hydrogen) atoms. The Hall–Kier alpha value is -2.68. The minimum absolute atomic E-state index is 0.722. The van der Waals surface area contributed by atoms with Crippen molar-refractivity contribution in [1.29, 1.82) is 0 Å². The molecule has 0 aliphatic rings. The van der Waals surface area contributed by atoms with E-state index in [1.807, 2.05) is 54.6 Å². The zero-order valence-electron chi connectivity index (χ0n) is 10.1. The van der Waals surface area contributed by atoms with E-state index >= 15 is 0 Å². The van der Waals surface area contributed by atoms with E-state index in [0.717, 1.165) is 33.5 Å². The number of para-hydroxylation sites is 1. The number of nitrogens with zero attached hydrogens (tertiary/aromatic N) is 2. The maximum absolute atomic E-state index is 5.72. The van der Waals surface area contributed by atoms with Gasteiger partial charge < -0.3 is 4.42 Å². The smallest absolute Gasteiger partial charge is 0.172 e. The van der Waals surface area contributed by atoms with Crippen molar-refractivity contribution in [3.05, 3.63) is 60.8 Å². The fourth-order valence-electron chi connectivity index (χ4n) is 2.23. The Morgan fingerprint density at radius 1 is 0.789 bits per heavy atom. The molecule has 2 aromatic heterocycles. The fourth-order valence-corrected chi connectivity index (χ4v) is 2.23. The predicted octanol–water partition coefficient (Wildman–Crippen LogP) is 4.04. The highest BCUT2D eigenvalue weighted by Gasteiger charge is 2.09. The summed E-state index contributed by atoms with van der Waals surface area (Å²) in [4.78, 5) is 9.00. The molecule has 90 valence electrons. The molecule has 4 aromatic rings. The van der Waals surface area contributed by atoms with Gasteiger partial charge in [-0.2, -0.15) is 0 Å². The molecule has 0 atom stereocenters. The van der Waals surface area contributed by atoms with Crippen molar-refractivity contribution in [1.82, 2.24) is 9.97 Å². The van der Waals surface area contributed by atoms with Gasteiger partial charge in [-0.05, 0) is 12.1 Å². The van der Waals surface area contributed by atoms with E-state index in [1.165, 1.54) is 0 Å². The molecule has 0 saturated carbocycles. The molecule has 0 fully saturated rings. The van der Waals surface area contributed by atoms with E-state index in [1.54, 1.807) is 6.20 Å². The third-order valence-corrected chi connectivity index (χ3v) is 3.15. The van der Waals surface area contributed by atoms with E-state index in [9.17, 15) is 0 Å². The van der Waals surface area contributed by atoms with E-state index in [4.69, 9.17) is 4.42 Å². The second-order valence-electron chi connectivity index (χ2n) is 4.37. The Morgan fingerprint density at radius 3 is 2.47 bits per heavy atom. The Kier molecular flexibility index (Phi) is 2.12. The summed E-state index contributed by atoms with van der Waals surface area (Å²) in [5, 5.41) is 1.03. The predicted molar refractivity (Wildman–Crippen MR) is 74.7 cm³/mol. The average Bonchev–Trinajstić information content (AvgIpc) is 2.86. The Morgan fingerprint density at radius 2 is 1.58 bits per heavy atom. The van der Waals surface area contributed by atoms with E-state index < -0.39 is 0 Å². The standard InChI is InChI=1S/C16H10N2O/c1-2-6-11(7-3-1)16-17-10-14-15(18-16)12-8-4-5-9-13(12)19-14/h1-10H. The summed E-state index contributed by atoms with van der Waals surface area (Å²) in [6.45, 7) is 0. The van der Waals surface area contributed by atoms with Crippen molar-refractivity contribution in [3.63, 3.8) is 0 Å². The quantitative estimate of drug-likeness (QED) is 0.508. The van der Waals surface area contributed by atoms with Crippen LogP contribution in [0.1, 0.15) is 0 Å². The normalized spacial score (nSPS) is 11.2. The highest BCUT2D eigenvalue weighted by atomic mass is 16.3. The molecule has 2 aromatic carbocycles. The van der Waals surface area contributed by atoms with Crippen LogP contribution in [-0.2, 0) is 0 Å². The van der Waals surface area contributed by atoms with Crippen LogP contribution in [0.3, 0.4) is 0 Å². The average molecular weight is 246 g/mol. The summed E-state index contributed by atoms with van der Waals surface area (Å²) in [7, 11) is 0. The number of benzene rings is 2. The van der Waals surface area contributed by atoms with Crippen LogP contribution in [-0.4, -0.2) is 9.97 Å². The van der Waals surface area contributed by atoms with Gasteiger partial charge in [0.15, 0.2) is 11.4 Å². The fraction of sp³-hybridized carbons (Fsp3) is 0. The molecule has 0 radical (unpaired) electrons. The van der Waals surface area contributed by atoms with Gasteiger partial charge in [0.1, 0.15) is 11.1 Å². The van der Waals surface area contributed by atoms with Gasteiger partial charge in [-0.25, -0.2) is 9.97 Å². The number of furan rings is 1. The molecule has 0 unspecified atom stereocenters. The molecular formula is C16H10N2O. The van der Waals surface area contributed by atoms with Crippen LogP contribution in [0.25, 0.3) is 33.5 Å². The first-order valence-electron chi connectivity index (χ1n) is 6.11. The number of aromatic nitrogens is 2. The lowest BCUT2D eigenvalue weighted by atomic mass is 10.2. The number of hydrogen-bond donors (Lipinski definition) is 0. The Bertz CT molecular complexity index is 866. The summed E-state index contributed by atoms with van der Waals surface area (Å²) >= 11 is 0. The second-order valence-corrected chi connectivity index (χ2v) is 4.37. The van der Waals surface area contributed by atoms with Crippen LogP contribution in [0.5, 0.6) is 0 Å². The summed E-state index contributed by atoms with van der Waals surface area (Å²) in [5.74, 6) is 0.722. The van der Waals surface area contributed by atoms with Gasteiger partial charge in [0.2, 0.25) is 0 Å². The molecular weight excluding hydrogens is 236 g/mol. The summed E-state index contributed by atoms with van der Waals surface area (Å²) in [5.41, 5.74) is 3.44. The van der Waals surface area contributed by atoms with Crippen LogP contribution in [0.4, 0.5) is 0 Å². The number of rotatable bonds is 1. The molecule has 0 spiro atoms. The van der Waals surface area contributed by atoms with Gasteiger partial charge in [0, 0.05) is 10.9 Å². The van der Waals surface area contributed by atoms with Gasteiger partial charge in [-0.1, -0.05) is 42.5 Å². The third kappa shape index (κ3) is 1.59. The van der Waals surface area contributed by atoms with Crippen LogP contribution >= 0.6 is 0 Å². The molecule has 0 aliphatic carbocycles. The van der Waals surface area contributed by atoms with Gasteiger partial charge in [-0.3, -0.25) is 0 Å². The van der Waals surface area contributed by atoms with E-state index in [-0.39, 0.29) is 0 Å². The molecule has 0 N–H and O–H groups in total. The first-order valence-corrected chi connectivity index (χ1v) is 6.11. The molecule has 3 heteroatoms. The van der Waals surface area contributed by atoms with Crippen LogP contribution < -0.4 is 0 Å². The zero-order chi connectivity index (χ0) is 12.7. The van der Waals surface area contributed by atoms with Crippen molar-refractivity contribution in [2.45, 2.75) is 0 Å². The maximum atomic E-state index is 5.72. The molecule has 0 aliphatic heterocycles. The van der Waals surface area contributed by atoms with Crippen molar-refractivity contribution in [3.8, 4) is 11.4 Å². The van der Waals surface area contributed by atoms with Crippen molar-refractivity contribution >= 4 is 22.1 Å². The second kappa shape index (κ2) is 3.92. The molecule has 3 nitrogen and oxygen atoms in total. The lowest BCUT2D eigenvalue weighted by Gasteiger charge is -1.98. The molecule has 4 rings (SSSR count). The van der Waals surface area contributed by atoms with Gasteiger partial charge in [0.05, 0.1) is 6.20 Å². The molecule has 0 amide bonds. The summed E-state index contributed by atoms with van der Waals surface area (Å²) in [6.07, 6.45) is 1.74. The minimum Gasteiger partial charge on any atom is -0.453 e. The molecule has 0 bridgehead atoms. The zero-order valence-corrected chi connectivity index (χ0v) is 10.1. The number of hydrogen-bond acceptors (Lipinski definition) is 3. The topological polar surface area (TPSA) is 38.9 Å². The third-order valence-electron chi connectivity index (χ3n) is 3.15. The lowest BCUT2D eigenvalue weighted by Crippen LogP contribution is -1.87. The maximum Gasteiger partial charge on any atom is 0.172 e. The minimum atomic E-state index is 0.722. The number of fused-ring (bicyclic) bond motifs is 3. The Balaban J connectivity index is 2.03. The van der Waals surface area contributed by atoms with Crippen LogP contribution in [0.15, 0.2) is 65.2 Å². The van der Waals surface area contributed by atoms with Gasteiger partial charge >= 0.3 is 0 Å². The van der Waals surface area contributed by atoms with E-state index in [2.05, 4.69) is 9.97 Å². The monoisotopic (exact) mass is 246 g/mol. The first-order chi connectivity index (χ1) is 9.42. The summed E-state index contributed by atoms with van der Waals surface area (Å²) < 4.78 is 5.72. The van der Waals surface area contributed by atoms with Crippen molar-refractivity contribution in [2.24, 2.45) is 0 Å². The van der Waals surface area contributed by atoms with E-state index in [0.29, 0.717) is 0 Å². The Labute approximate surface area is 109 Å². The van der Waals surface area contributed by atoms with Gasteiger partial charge in [-0.15, -0.1) is 0 Å². The first kappa shape index (κ1) is 10.3. The van der Waals surface area contributed by atoms with Gasteiger partial charge in [0.25, 0.3) is 0 Å². The SMILES string of the molecule is c1ccc(-c2ncc3oc4ccccc4c3n2)cc1. The van der Waals surface area contributed by atoms with Crippen molar-refractivity contribution < 1.29 is 4.42 Å². The highest BCUT2D eigenvalue weighted by Crippen LogP contribution is 2.27. The van der Waals surface area contributed by atoms with Crippen LogP contribution in [0.2, 0.25) is 0 Å². The van der Waals surface area contributed by atoms with Crippen molar-refractivity contribution in [2.75, 3.05) is 0 Å². The summed E-state index contributed by atoms with van der Waals surface area (Å²) in [6, 6.07) is 17.9. The lowest BCUT2D eigenvalue weighted by molar-refractivity contribution is 0.666. The molecule has 2 heterocycles.